The topological polar surface area (TPSA) is 76.7 Å². The molecule has 0 bridgehead atoms. The minimum absolute atomic E-state index is 0.114. The van der Waals surface area contributed by atoms with Crippen LogP contribution in [-0.2, 0) is 16.0 Å². The number of para-hydroxylation sites is 2. The van der Waals surface area contributed by atoms with Crippen LogP contribution in [0.15, 0.2) is 66.7 Å². The zero-order chi connectivity index (χ0) is 22.2. The second kappa shape index (κ2) is 10.3. The summed E-state index contributed by atoms with van der Waals surface area (Å²) < 4.78 is 10.7. The van der Waals surface area contributed by atoms with Crippen molar-refractivity contribution in [2.75, 3.05) is 24.4 Å². The van der Waals surface area contributed by atoms with Gasteiger partial charge in [-0.1, -0.05) is 42.0 Å². The number of rotatable bonds is 8. The van der Waals surface area contributed by atoms with E-state index in [0.717, 1.165) is 16.7 Å². The molecule has 6 nitrogen and oxygen atoms in total. The van der Waals surface area contributed by atoms with Gasteiger partial charge in [-0.2, -0.15) is 0 Å². The zero-order valence-corrected chi connectivity index (χ0v) is 17.9. The van der Waals surface area contributed by atoms with Gasteiger partial charge < -0.3 is 20.1 Å². The van der Waals surface area contributed by atoms with Crippen molar-refractivity contribution in [3.05, 3.63) is 83.4 Å². The van der Waals surface area contributed by atoms with E-state index in [4.69, 9.17) is 9.47 Å². The highest BCUT2D eigenvalue weighted by molar-refractivity contribution is 5.95. The summed E-state index contributed by atoms with van der Waals surface area (Å²) in [7, 11) is 1.54. The second-order valence-corrected chi connectivity index (χ2v) is 7.22. The Morgan fingerprint density at radius 1 is 0.806 bits per heavy atom. The van der Waals surface area contributed by atoms with Gasteiger partial charge in [-0.15, -0.1) is 0 Å². The summed E-state index contributed by atoms with van der Waals surface area (Å²) in [6.07, 6.45) is 0.289. The first-order valence-electron chi connectivity index (χ1n) is 9.96. The summed E-state index contributed by atoms with van der Waals surface area (Å²) in [4.78, 5) is 24.7. The smallest absolute Gasteiger partial charge is 0.262 e. The van der Waals surface area contributed by atoms with Crippen LogP contribution in [0.3, 0.4) is 0 Å². The fourth-order valence-corrected chi connectivity index (χ4v) is 3.12. The molecule has 0 atom stereocenters. The zero-order valence-electron chi connectivity index (χ0n) is 17.9. The number of benzene rings is 3. The van der Waals surface area contributed by atoms with Crippen LogP contribution in [0.25, 0.3) is 0 Å². The minimum Gasteiger partial charge on any atom is -0.493 e. The molecule has 3 rings (SSSR count). The van der Waals surface area contributed by atoms with Crippen LogP contribution in [-0.4, -0.2) is 25.5 Å². The fraction of sp³-hybridized carbons (Fsp3) is 0.200. The summed E-state index contributed by atoms with van der Waals surface area (Å²) in [6.45, 7) is 3.83. The molecule has 160 valence electrons. The first-order valence-corrected chi connectivity index (χ1v) is 9.96. The summed E-state index contributed by atoms with van der Waals surface area (Å²) in [6, 6.07) is 20.2. The second-order valence-electron chi connectivity index (χ2n) is 7.22. The molecule has 0 aliphatic heterocycles. The highest BCUT2D eigenvalue weighted by atomic mass is 16.5. The number of ether oxygens (including phenoxy) is 2. The molecule has 3 aromatic rings. The molecule has 31 heavy (non-hydrogen) atoms. The van der Waals surface area contributed by atoms with Crippen molar-refractivity contribution in [2.45, 2.75) is 20.3 Å². The number of amides is 2. The van der Waals surface area contributed by atoms with E-state index in [2.05, 4.69) is 10.6 Å². The van der Waals surface area contributed by atoms with E-state index in [1.807, 2.05) is 38.1 Å². The first kappa shape index (κ1) is 21.9. The maximum Gasteiger partial charge on any atom is 0.262 e. The van der Waals surface area contributed by atoms with Gasteiger partial charge in [0.15, 0.2) is 18.1 Å². The average molecular weight is 418 g/mol. The van der Waals surface area contributed by atoms with Gasteiger partial charge in [0, 0.05) is 11.4 Å². The van der Waals surface area contributed by atoms with Crippen molar-refractivity contribution in [1.29, 1.82) is 0 Å². The molecule has 2 N–H and O–H groups in total. The molecule has 0 saturated carbocycles. The number of anilines is 2. The Kier molecular flexibility index (Phi) is 7.27. The normalized spacial score (nSPS) is 10.3. The predicted molar refractivity (Wildman–Crippen MR) is 122 cm³/mol. The van der Waals surface area contributed by atoms with Gasteiger partial charge in [0.25, 0.3) is 5.91 Å². The fourth-order valence-electron chi connectivity index (χ4n) is 3.12. The van der Waals surface area contributed by atoms with E-state index in [9.17, 15) is 9.59 Å². The molecular weight excluding hydrogens is 392 g/mol. The molecule has 0 saturated heterocycles. The van der Waals surface area contributed by atoms with Crippen molar-refractivity contribution in [2.24, 2.45) is 0 Å². The SMILES string of the molecule is COc1ccccc1OCC(=O)Nc1cccc(NC(=O)Cc2cc(C)ccc2C)c1. The molecular formula is C25H26N2O4. The molecule has 0 fully saturated rings. The summed E-state index contributed by atoms with van der Waals surface area (Å²) in [5, 5.41) is 5.66. The van der Waals surface area contributed by atoms with E-state index in [-0.39, 0.29) is 24.8 Å². The van der Waals surface area contributed by atoms with Gasteiger partial charge in [0.2, 0.25) is 5.91 Å². The number of carbonyl (C=O) groups is 2. The van der Waals surface area contributed by atoms with Gasteiger partial charge in [0.05, 0.1) is 13.5 Å². The van der Waals surface area contributed by atoms with Gasteiger partial charge in [-0.3, -0.25) is 9.59 Å². The van der Waals surface area contributed by atoms with Crippen LogP contribution in [0.5, 0.6) is 11.5 Å². The largest absolute Gasteiger partial charge is 0.493 e. The lowest BCUT2D eigenvalue weighted by molar-refractivity contribution is -0.118. The summed E-state index contributed by atoms with van der Waals surface area (Å²) in [5.41, 5.74) is 4.37. The number of hydrogen-bond donors (Lipinski definition) is 2. The molecule has 0 aliphatic rings. The highest BCUT2D eigenvalue weighted by Gasteiger charge is 2.10. The van der Waals surface area contributed by atoms with Gasteiger partial charge in [-0.05, 0) is 55.3 Å². The molecule has 0 aromatic heterocycles. The number of nitrogens with one attached hydrogen (secondary N) is 2. The number of aryl methyl sites for hydroxylation is 2. The van der Waals surface area contributed by atoms with Gasteiger partial charge in [-0.25, -0.2) is 0 Å². The van der Waals surface area contributed by atoms with Gasteiger partial charge >= 0.3 is 0 Å². The average Bonchev–Trinajstić information content (AvgIpc) is 2.75. The maximum absolute atomic E-state index is 12.5. The Morgan fingerprint density at radius 3 is 2.19 bits per heavy atom. The molecule has 0 radical (unpaired) electrons. The van der Waals surface area contributed by atoms with Gasteiger partial charge in [0.1, 0.15) is 0 Å². The third-order valence-electron chi connectivity index (χ3n) is 4.71. The summed E-state index contributed by atoms with van der Waals surface area (Å²) in [5.74, 6) is 0.623. The van der Waals surface area contributed by atoms with Crippen LogP contribution in [0.4, 0.5) is 11.4 Å². The Balaban J connectivity index is 1.56. The minimum atomic E-state index is -0.315. The molecule has 0 spiro atoms. The third kappa shape index (κ3) is 6.34. The lowest BCUT2D eigenvalue weighted by Crippen LogP contribution is -2.20. The van der Waals surface area contributed by atoms with E-state index in [0.29, 0.717) is 22.9 Å². The third-order valence-corrected chi connectivity index (χ3v) is 4.71. The molecule has 6 heteroatoms. The summed E-state index contributed by atoms with van der Waals surface area (Å²) >= 11 is 0. The van der Waals surface area contributed by atoms with Crippen LogP contribution in [0.1, 0.15) is 16.7 Å². The van der Waals surface area contributed by atoms with Crippen LogP contribution in [0, 0.1) is 13.8 Å². The highest BCUT2D eigenvalue weighted by Crippen LogP contribution is 2.25. The Hall–Kier alpha value is -3.80. The Bertz CT molecular complexity index is 1080. The predicted octanol–water partition coefficient (Wildman–Crippen LogP) is 4.51. The Labute approximate surface area is 182 Å². The molecule has 2 amide bonds. The maximum atomic E-state index is 12.5. The first-order chi connectivity index (χ1) is 14.9. The van der Waals surface area contributed by atoms with E-state index < -0.39 is 0 Å². The van der Waals surface area contributed by atoms with Crippen molar-refractivity contribution >= 4 is 23.2 Å². The van der Waals surface area contributed by atoms with Crippen LogP contribution >= 0.6 is 0 Å². The van der Waals surface area contributed by atoms with Crippen molar-refractivity contribution < 1.29 is 19.1 Å². The lowest BCUT2D eigenvalue weighted by Gasteiger charge is -2.12. The van der Waals surface area contributed by atoms with Crippen molar-refractivity contribution in [3.63, 3.8) is 0 Å². The Morgan fingerprint density at radius 2 is 1.48 bits per heavy atom. The van der Waals surface area contributed by atoms with Crippen LogP contribution in [0.2, 0.25) is 0 Å². The van der Waals surface area contributed by atoms with Crippen molar-refractivity contribution in [3.8, 4) is 11.5 Å². The van der Waals surface area contributed by atoms with Crippen LogP contribution < -0.4 is 20.1 Å². The van der Waals surface area contributed by atoms with E-state index in [1.54, 1.807) is 49.6 Å². The molecule has 3 aromatic carbocycles. The van der Waals surface area contributed by atoms with E-state index in [1.165, 1.54) is 0 Å². The molecule has 0 aliphatic carbocycles. The lowest BCUT2D eigenvalue weighted by atomic mass is 10.0. The monoisotopic (exact) mass is 418 g/mol. The quantitative estimate of drug-likeness (QED) is 0.564. The molecule has 0 unspecified atom stereocenters. The number of carbonyl (C=O) groups excluding carboxylic acids is 2. The van der Waals surface area contributed by atoms with E-state index >= 15 is 0 Å². The number of methoxy groups -OCH3 is 1. The number of hydrogen-bond acceptors (Lipinski definition) is 4. The molecule has 0 heterocycles. The van der Waals surface area contributed by atoms with Crippen molar-refractivity contribution in [1.82, 2.24) is 0 Å². The standard InChI is InChI=1S/C25H26N2O4/c1-17-11-12-18(2)19(13-17)14-24(28)26-20-7-6-8-21(15-20)27-25(29)16-31-23-10-5-4-9-22(23)30-3/h4-13,15H,14,16H2,1-3H3,(H,26,28)(H,27,29).